The summed E-state index contributed by atoms with van der Waals surface area (Å²) >= 11 is 5.84. The Morgan fingerprint density at radius 2 is 1.84 bits per heavy atom. The molecule has 0 bridgehead atoms. The Morgan fingerprint density at radius 1 is 1.08 bits per heavy atom. The van der Waals surface area contributed by atoms with Crippen LogP contribution in [0.15, 0.2) is 48.5 Å². The van der Waals surface area contributed by atoms with Gasteiger partial charge >= 0.3 is 5.97 Å². The Labute approximate surface area is 151 Å². The van der Waals surface area contributed by atoms with E-state index in [1.54, 1.807) is 18.2 Å². The van der Waals surface area contributed by atoms with Crippen molar-refractivity contribution in [2.45, 2.75) is 25.8 Å². The summed E-state index contributed by atoms with van der Waals surface area (Å²) in [7, 11) is 0. The number of amides is 1. The van der Waals surface area contributed by atoms with Gasteiger partial charge in [0.2, 0.25) is 5.91 Å². The maximum absolute atomic E-state index is 11.9. The molecule has 25 heavy (non-hydrogen) atoms. The predicted octanol–water partition coefficient (Wildman–Crippen LogP) is 3.44. The molecule has 0 heterocycles. The number of hydrogen-bond acceptors (Lipinski definition) is 3. The summed E-state index contributed by atoms with van der Waals surface area (Å²) in [5.41, 5.74) is 2.01. The van der Waals surface area contributed by atoms with Gasteiger partial charge < -0.3 is 15.2 Å². The maximum atomic E-state index is 11.9. The van der Waals surface area contributed by atoms with Crippen molar-refractivity contribution in [3.63, 3.8) is 0 Å². The standard InChI is InChI=1S/C19H20ClNO4/c20-16-9-7-14(8-10-16)3-2-6-18(22)21-12-15-4-1-5-17(11-15)25-13-19(23)24/h1,4-5,7-11H,2-3,6,12-13H2,(H,21,22)(H,23,24). The fourth-order valence-electron chi connectivity index (χ4n) is 2.28. The van der Waals surface area contributed by atoms with E-state index in [1.165, 1.54) is 0 Å². The molecule has 0 atom stereocenters. The number of carboxylic acid groups (broad SMARTS) is 1. The molecule has 0 radical (unpaired) electrons. The fraction of sp³-hybridized carbons (Fsp3) is 0.263. The van der Waals surface area contributed by atoms with E-state index in [4.69, 9.17) is 21.4 Å². The number of nitrogens with one attached hydrogen (secondary N) is 1. The van der Waals surface area contributed by atoms with E-state index < -0.39 is 5.97 Å². The molecule has 0 saturated carbocycles. The predicted molar refractivity (Wildman–Crippen MR) is 95.8 cm³/mol. The Morgan fingerprint density at radius 3 is 2.56 bits per heavy atom. The number of carbonyl (C=O) groups is 2. The van der Waals surface area contributed by atoms with Gasteiger partial charge in [0.15, 0.2) is 6.61 Å². The molecule has 0 aromatic heterocycles. The van der Waals surface area contributed by atoms with Crippen molar-refractivity contribution in [2.24, 2.45) is 0 Å². The second kappa shape index (κ2) is 9.69. The number of carbonyl (C=O) groups excluding carboxylic acids is 1. The quantitative estimate of drug-likeness (QED) is 0.717. The zero-order chi connectivity index (χ0) is 18.1. The molecule has 0 spiro atoms. The molecule has 2 rings (SSSR count). The molecule has 0 aliphatic rings. The molecular weight excluding hydrogens is 342 g/mol. The van der Waals surface area contributed by atoms with Crippen LogP contribution in [0, 0.1) is 0 Å². The van der Waals surface area contributed by atoms with Gasteiger partial charge in [-0.3, -0.25) is 4.79 Å². The van der Waals surface area contributed by atoms with E-state index in [0.29, 0.717) is 23.7 Å². The lowest BCUT2D eigenvalue weighted by atomic mass is 10.1. The van der Waals surface area contributed by atoms with E-state index in [0.717, 1.165) is 24.0 Å². The highest BCUT2D eigenvalue weighted by Gasteiger charge is 2.04. The molecule has 2 aromatic rings. The molecule has 0 fully saturated rings. The first-order valence-corrected chi connectivity index (χ1v) is 8.35. The number of benzene rings is 2. The van der Waals surface area contributed by atoms with Gasteiger partial charge in [0.1, 0.15) is 5.75 Å². The normalized spacial score (nSPS) is 10.3. The molecule has 6 heteroatoms. The van der Waals surface area contributed by atoms with Crippen molar-refractivity contribution in [1.29, 1.82) is 0 Å². The van der Waals surface area contributed by atoms with Crippen molar-refractivity contribution in [2.75, 3.05) is 6.61 Å². The Kier molecular flexibility index (Phi) is 7.29. The molecule has 2 N–H and O–H groups in total. The van der Waals surface area contributed by atoms with Gasteiger partial charge in [0, 0.05) is 18.0 Å². The first-order chi connectivity index (χ1) is 12.0. The highest BCUT2D eigenvalue weighted by Crippen LogP contribution is 2.14. The smallest absolute Gasteiger partial charge is 0.341 e. The number of aryl methyl sites for hydroxylation is 1. The van der Waals surface area contributed by atoms with Crippen molar-refractivity contribution in [3.8, 4) is 5.75 Å². The summed E-state index contributed by atoms with van der Waals surface area (Å²) in [6.45, 7) is -0.00936. The minimum Gasteiger partial charge on any atom is -0.482 e. The zero-order valence-electron chi connectivity index (χ0n) is 13.7. The second-order valence-corrected chi connectivity index (χ2v) is 6.02. The first kappa shape index (κ1) is 18.8. The van der Waals surface area contributed by atoms with Crippen molar-refractivity contribution < 1.29 is 19.4 Å². The van der Waals surface area contributed by atoms with Gasteiger partial charge in [-0.15, -0.1) is 0 Å². The van der Waals surface area contributed by atoms with Gasteiger partial charge in [-0.25, -0.2) is 4.79 Å². The van der Waals surface area contributed by atoms with E-state index in [-0.39, 0.29) is 12.5 Å². The Bertz CT molecular complexity index is 716. The molecule has 1 amide bonds. The van der Waals surface area contributed by atoms with Crippen LogP contribution in [0.25, 0.3) is 0 Å². The lowest BCUT2D eigenvalue weighted by molar-refractivity contribution is -0.139. The van der Waals surface area contributed by atoms with Crippen molar-refractivity contribution >= 4 is 23.5 Å². The highest BCUT2D eigenvalue weighted by molar-refractivity contribution is 6.30. The largest absolute Gasteiger partial charge is 0.482 e. The topological polar surface area (TPSA) is 75.6 Å². The molecule has 2 aromatic carbocycles. The van der Waals surface area contributed by atoms with Crippen LogP contribution < -0.4 is 10.1 Å². The van der Waals surface area contributed by atoms with Crippen LogP contribution in [0.3, 0.4) is 0 Å². The SMILES string of the molecule is O=C(O)COc1cccc(CNC(=O)CCCc2ccc(Cl)cc2)c1. The highest BCUT2D eigenvalue weighted by atomic mass is 35.5. The van der Waals surface area contributed by atoms with Crippen LogP contribution >= 0.6 is 11.6 Å². The summed E-state index contributed by atoms with van der Waals surface area (Å²) in [5, 5.41) is 12.2. The number of rotatable bonds is 9. The summed E-state index contributed by atoms with van der Waals surface area (Å²) in [5.74, 6) is -0.581. The second-order valence-electron chi connectivity index (χ2n) is 5.59. The van der Waals surface area contributed by atoms with Crippen LogP contribution in [0.5, 0.6) is 5.75 Å². The van der Waals surface area contributed by atoms with Crippen molar-refractivity contribution in [3.05, 3.63) is 64.7 Å². The average Bonchev–Trinajstić information content (AvgIpc) is 2.60. The summed E-state index contributed by atoms with van der Waals surface area (Å²) in [4.78, 5) is 22.4. The number of carboxylic acids is 1. The molecule has 0 saturated heterocycles. The first-order valence-electron chi connectivity index (χ1n) is 7.97. The summed E-state index contributed by atoms with van der Waals surface area (Å²) in [6.07, 6.45) is 2.02. The molecule has 0 unspecified atom stereocenters. The van der Waals surface area contributed by atoms with Gasteiger partial charge in [0.05, 0.1) is 0 Å². The Balaban J connectivity index is 1.71. The number of aliphatic carboxylic acids is 1. The molecule has 0 aliphatic carbocycles. The third kappa shape index (κ3) is 7.27. The van der Waals surface area contributed by atoms with E-state index in [1.807, 2.05) is 30.3 Å². The molecule has 132 valence electrons. The lowest BCUT2D eigenvalue weighted by Crippen LogP contribution is -2.22. The minimum absolute atomic E-state index is 0.0224. The van der Waals surface area contributed by atoms with E-state index in [2.05, 4.69) is 5.32 Å². The number of hydrogen-bond donors (Lipinski definition) is 2. The van der Waals surface area contributed by atoms with Gasteiger partial charge in [-0.05, 0) is 48.2 Å². The van der Waals surface area contributed by atoms with E-state index in [9.17, 15) is 9.59 Å². The lowest BCUT2D eigenvalue weighted by Gasteiger charge is -2.08. The van der Waals surface area contributed by atoms with Crippen LogP contribution in [-0.4, -0.2) is 23.6 Å². The average molecular weight is 362 g/mol. The number of halogens is 1. The zero-order valence-corrected chi connectivity index (χ0v) is 14.5. The van der Waals surface area contributed by atoms with Gasteiger partial charge in [0.25, 0.3) is 0 Å². The van der Waals surface area contributed by atoms with Crippen LogP contribution in [0.4, 0.5) is 0 Å². The van der Waals surface area contributed by atoms with Crippen LogP contribution in [0.1, 0.15) is 24.0 Å². The van der Waals surface area contributed by atoms with Crippen LogP contribution in [-0.2, 0) is 22.6 Å². The summed E-state index contributed by atoms with van der Waals surface area (Å²) < 4.78 is 5.12. The van der Waals surface area contributed by atoms with Gasteiger partial charge in [-0.2, -0.15) is 0 Å². The molecular formula is C19H20ClNO4. The van der Waals surface area contributed by atoms with Crippen LogP contribution in [0.2, 0.25) is 5.02 Å². The number of ether oxygens (including phenoxy) is 1. The fourth-order valence-corrected chi connectivity index (χ4v) is 2.41. The monoisotopic (exact) mass is 361 g/mol. The Hall–Kier alpha value is -2.53. The van der Waals surface area contributed by atoms with E-state index >= 15 is 0 Å². The third-order valence-electron chi connectivity index (χ3n) is 3.53. The van der Waals surface area contributed by atoms with Gasteiger partial charge in [-0.1, -0.05) is 35.9 Å². The van der Waals surface area contributed by atoms with Crippen molar-refractivity contribution in [1.82, 2.24) is 5.32 Å². The third-order valence-corrected chi connectivity index (χ3v) is 3.78. The minimum atomic E-state index is -1.03. The maximum Gasteiger partial charge on any atom is 0.341 e. The molecule has 5 nitrogen and oxygen atoms in total. The summed E-state index contributed by atoms with van der Waals surface area (Å²) in [6, 6.07) is 14.6. The molecule has 0 aliphatic heterocycles.